The van der Waals surface area contributed by atoms with Crippen molar-refractivity contribution < 1.29 is 4.79 Å². The molecule has 0 spiro atoms. The Morgan fingerprint density at radius 3 is 2.87 bits per heavy atom. The molecule has 5 heteroatoms. The molecular formula is C10H15N3O2. The van der Waals surface area contributed by atoms with Crippen LogP contribution in [0.1, 0.15) is 23.0 Å². The maximum absolute atomic E-state index is 11.6. The molecule has 15 heavy (non-hydrogen) atoms. The van der Waals surface area contributed by atoms with E-state index in [0.29, 0.717) is 6.54 Å². The van der Waals surface area contributed by atoms with Gasteiger partial charge in [-0.3, -0.25) is 9.59 Å². The minimum atomic E-state index is -0.394. The minimum absolute atomic E-state index is 0.112. The molecule has 5 nitrogen and oxygen atoms in total. The zero-order valence-corrected chi connectivity index (χ0v) is 8.83. The highest BCUT2D eigenvalue weighted by Crippen LogP contribution is 1.93. The second-order valence-electron chi connectivity index (χ2n) is 3.50. The first-order chi connectivity index (χ1) is 7.04. The summed E-state index contributed by atoms with van der Waals surface area (Å²) < 4.78 is 0. The van der Waals surface area contributed by atoms with Crippen LogP contribution in [0.3, 0.4) is 0 Å². The van der Waals surface area contributed by atoms with E-state index in [1.165, 1.54) is 12.3 Å². The number of hydrogen-bond acceptors (Lipinski definition) is 3. The number of aromatic nitrogens is 1. The molecule has 1 amide bonds. The molecule has 0 aliphatic heterocycles. The maximum atomic E-state index is 11.6. The van der Waals surface area contributed by atoms with Gasteiger partial charge in [-0.05, 0) is 13.8 Å². The third kappa shape index (κ3) is 2.92. The van der Waals surface area contributed by atoms with Crippen molar-refractivity contribution in [2.75, 3.05) is 6.54 Å². The molecule has 1 atom stereocenters. The molecule has 1 unspecified atom stereocenters. The largest absolute Gasteiger partial charge is 0.364 e. The number of pyridine rings is 1. The first-order valence-corrected chi connectivity index (χ1v) is 4.75. The molecule has 82 valence electrons. The molecule has 4 N–H and O–H groups in total. The second-order valence-corrected chi connectivity index (χ2v) is 3.50. The number of aryl methyl sites for hydroxylation is 1. The van der Waals surface area contributed by atoms with E-state index in [2.05, 4.69) is 10.3 Å². The smallest absolute Gasteiger partial charge is 0.256 e. The Kier molecular flexibility index (Phi) is 3.62. The molecule has 1 aromatic rings. The topological polar surface area (TPSA) is 88.0 Å². The zero-order chi connectivity index (χ0) is 11.4. The van der Waals surface area contributed by atoms with Gasteiger partial charge in [-0.1, -0.05) is 0 Å². The number of amides is 1. The van der Waals surface area contributed by atoms with E-state index in [-0.39, 0.29) is 17.0 Å². The Bertz CT molecular complexity index is 411. The van der Waals surface area contributed by atoms with E-state index in [1.54, 1.807) is 13.8 Å². The Hall–Kier alpha value is -1.62. The third-order valence-electron chi connectivity index (χ3n) is 2.03. The van der Waals surface area contributed by atoms with E-state index < -0.39 is 5.91 Å². The Morgan fingerprint density at radius 2 is 2.33 bits per heavy atom. The predicted molar refractivity (Wildman–Crippen MR) is 57.8 cm³/mol. The normalized spacial score (nSPS) is 12.2. The van der Waals surface area contributed by atoms with Gasteiger partial charge >= 0.3 is 0 Å². The van der Waals surface area contributed by atoms with E-state index in [1.807, 2.05) is 0 Å². The summed E-state index contributed by atoms with van der Waals surface area (Å²) in [5.41, 5.74) is 5.91. The molecule has 0 aliphatic carbocycles. The number of carbonyl (C=O) groups excluding carboxylic acids is 1. The lowest BCUT2D eigenvalue weighted by Crippen LogP contribution is -2.39. The molecule has 0 radical (unpaired) electrons. The lowest BCUT2D eigenvalue weighted by molar-refractivity contribution is 0.0940. The van der Waals surface area contributed by atoms with Gasteiger partial charge in [0.15, 0.2) is 5.43 Å². The van der Waals surface area contributed by atoms with Gasteiger partial charge in [0.1, 0.15) is 5.56 Å². The van der Waals surface area contributed by atoms with Crippen LogP contribution in [-0.2, 0) is 0 Å². The summed E-state index contributed by atoms with van der Waals surface area (Å²) in [5.74, 6) is -0.394. The highest BCUT2D eigenvalue weighted by Gasteiger charge is 2.11. The fourth-order valence-electron chi connectivity index (χ4n) is 1.11. The molecule has 0 aromatic carbocycles. The van der Waals surface area contributed by atoms with Gasteiger partial charge in [0.2, 0.25) is 0 Å². The molecule has 0 fully saturated rings. The summed E-state index contributed by atoms with van der Waals surface area (Å²) in [7, 11) is 0. The third-order valence-corrected chi connectivity index (χ3v) is 2.03. The number of rotatable bonds is 3. The van der Waals surface area contributed by atoms with Crippen molar-refractivity contribution in [3.63, 3.8) is 0 Å². The second kappa shape index (κ2) is 4.75. The van der Waals surface area contributed by atoms with Gasteiger partial charge in [0.05, 0.1) is 0 Å². The van der Waals surface area contributed by atoms with Crippen molar-refractivity contribution in [1.82, 2.24) is 10.3 Å². The van der Waals surface area contributed by atoms with Crippen molar-refractivity contribution in [1.29, 1.82) is 0 Å². The van der Waals surface area contributed by atoms with Crippen LogP contribution in [0.5, 0.6) is 0 Å². The van der Waals surface area contributed by atoms with Gasteiger partial charge < -0.3 is 16.0 Å². The summed E-state index contributed by atoms with van der Waals surface area (Å²) in [6.45, 7) is 3.88. The van der Waals surface area contributed by atoms with Crippen LogP contribution in [0.2, 0.25) is 0 Å². The summed E-state index contributed by atoms with van der Waals surface area (Å²) in [6, 6.07) is 1.25. The zero-order valence-electron chi connectivity index (χ0n) is 8.83. The van der Waals surface area contributed by atoms with Crippen LogP contribution in [0, 0.1) is 6.92 Å². The van der Waals surface area contributed by atoms with Crippen LogP contribution in [0.15, 0.2) is 17.1 Å². The molecule has 0 saturated carbocycles. The molecular weight excluding hydrogens is 194 g/mol. The fourth-order valence-corrected chi connectivity index (χ4v) is 1.11. The van der Waals surface area contributed by atoms with E-state index in [9.17, 15) is 9.59 Å². The fraction of sp³-hybridized carbons (Fsp3) is 0.400. The Balaban J connectivity index is 2.88. The lowest BCUT2D eigenvalue weighted by atomic mass is 10.2. The predicted octanol–water partition coefficient (Wildman–Crippen LogP) is -0.240. The molecule has 1 rings (SSSR count). The van der Waals surface area contributed by atoms with E-state index >= 15 is 0 Å². The molecule has 1 heterocycles. The first kappa shape index (κ1) is 11.5. The van der Waals surface area contributed by atoms with Crippen LogP contribution in [0.4, 0.5) is 0 Å². The summed E-state index contributed by atoms with van der Waals surface area (Å²) in [5, 5.41) is 2.62. The number of H-pyrrole nitrogens is 1. The molecule has 1 aromatic heterocycles. The van der Waals surface area contributed by atoms with Crippen molar-refractivity contribution in [3.05, 3.63) is 33.7 Å². The average molecular weight is 209 g/mol. The van der Waals surface area contributed by atoms with Crippen LogP contribution >= 0.6 is 0 Å². The molecule has 0 bridgehead atoms. The summed E-state index contributed by atoms with van der Waals surface area (Å²) in [6.07, 6.45) is 1.41. The van der Waals surface area contributed by atoms with Crippen molar-refractivity contribution in [2.45, 2.75) is 19.9 Å². The monoisotopic (exact) mass is 209 g/mol. The Morgan fingerprint density at radius 1 is 1.67 bits per heavy atom. The number of nitrogens with one attached hydrogen (secondary N) is 2. The lowest BCUT2D eigenvalue weighted by Gasteiger charge is -2.10. The molecule has 0 aliphatic rings. The van der Waals surface area contributed by atoms with Gasteiger partial charge in [0.25, 0.3) is 5.91 Å². The van der Waals surface area contributed by atoms with Gasteiger partial charge in [-0.15, -0.1) is 0 Å². The van der Waals surface area contributed by atoms with Gasteiger partial charge in [0, 0.05) is 30.5 Å². The maximum Gasteiger partial charge on any atom is 0.256 e. The number of aromatic amines is 1. The number of hydrogen-bond donors (Lipinski definition) is 3. The number of nitrogens with two attached hydrogens (primary N) is 1. The van der Waals surface area contributed by atoms with Crippen molar-refractivity contribution >= 4 is 5.91 Å². The molecule has 0 saturated heterocycles. The highest BCUT2D eigenvalue weighted by atomic mass is 16.2. The van der Waals surface area contributed by atoms with Crippen molar-refractivity contribution in [3.8, 4) is 0 Å². The van der Waals surface area contributed by atoms with Crippen LogP contribution < -0.4 is 16.5 Å². The van der Waals surface area contributed by atoms with Crippen molar-refractivity contribution in [2.24, 2.45) is 5.73 Å². The van der Waals surface area contributed by atoms with Crippen LogP contribution in [-0.4, -0.2) is 23.5 Å². The standard InChI is InChI=1S/C10H15N3O2/c1-6-3-9(14)8(5-12-6)10(15)13-7(2)4-11/h3,5,7H,4,11H2,1-2H3,(H,12,14)(H,13,15). The summed E-state index contributed by atoms with van der Waals surface area (Å²) >= 11 is 0. The highest BCUT2D eigenvalue weighted by molar-refractivity contribution is 5.93. The van der Waals surface area contributed by atoms with Gasteiger partial charge in [-0.25, -0.2) is 0 Å². The Labute approximate surface area is 87.7 Å². The van der Waals surface area contributed by atoms with Crippen LogP contribution in [0.25, 0.3) is 0 Å². The number of carbonyl (C=O) groups is 1. The summed E-state index contributed by atoms with van der Waals surface area (Å²) in [4.78, 5) is 25.8. The SMILES string of the molecule is Cc1cc(=O)c(C(=O)NC(C)CN)c[nH]1. The van der Waals surface area contributed by atoms with E-state index in [4.69, 9.17) is 5.73 Å². The quantitative estimate of drug-likeness (QED) is 0.642. The minimum Gasteiger partial charge on any atom is -0.364 e. The van der Waals surface area contributed by atoms with E-state index in [0.717, 1.165) is 5.69 Å². The first-order valence-electron chi connectivity index (χ1n) is 4.75. The average Bonchev–Trinajstić information content (AvgIpc) is 2.17. The van der Waals surface area contributed by atoms with Gasteiger partial charge in [-0.2, -0.15) is 0 Å².